The zero-order chi connectivity index (χ0) is 14.5. The molecule has 0 heterocycles. The van der Waals surface area contributed by atoms with Gasteiger partial charge in [-0.15, -0.1) is 0 Å². The van der Waals surface area contributed by atoms with Crippen molar-refractivity contribution in [3.05, 3.63) is 35.9 Å². The van der Waals surface area contributed by atoms with E-state index in [1.165, 1.54) is 0 Å². The van der Waals surface area contributed by atoms with Crippen LogP contribution in [0.25, 0.3) is 0 Å². The molecule has 1 rings (SSSR count). The Morgan fingerprint density at radius 2 is 1.58 bits per heavy atom. The molecular weight excluding hydrogens is 240 g/mol. The summed E-state index contributed by atoms with van der Waals surface area (Å²) in [5.41, 5.74) is -0.582. The number of benzene rings is 1. The first kappa shape index (κ1) is 15.1. The monoisotopic (exact) mass is 260 g/mol. The Morgan fingerprint density at radius 3 is 2.11 bits per heavy atom. The topological polar surface area (TPSA) is 35.5 Å². The van der Waals surface area contributed by atoms with Gasteiger partial charge < -0.3 is 9.47 Å². The Balaban J connectivity index is 2.67. The van der Waals surface area contributed by atoms with Crippen molar-refractivity contribution in [3.8, 4) is 11.8 Å². The number of hydrogen-bond donors (Lipinski definition) is 0. The molecule has 0 aliphatic carbocycles. The van der Waals surface area contributed by atoms with Crippen molar-refractivity contribution in [2.24, 2.45) is 0 Å². The molecule has 1 aromatic carbocycles. The third-order valence-corrected chi connectivity index (χ3v) is 2.01. The number of carbonyl (C=O) groups is 1. The molecule has 3 heteroatoms. The van der Waals surface area contributed by atoms with Crippen LogP contribution in [0.15, 0.2) is 30.3 Å². The van der Waals surface area contributed by atoms with Gasteiger partial charge in [0, 0.05) is 5.56 Å². The van der Waals surface area contributed by atoms with E-state index in [1.807, 2.05) is 30.3 Å². The van der Waals surface area contributed by atoms with Gasteiger partial charge in [-0.1, -0.05) is 30.0 Å². The maximum atomic E-state index is 11.6. The highest BCUT2D eigenvalue weighted by atomic mass is 16.7. The van der Waals surface area contributed by atoms with E-state index in [0.29, 0.717) is 0 Å². The predicted octanol–water partition coefficient (Wildman–Crippen LogP) is 3.77. The molecule has 0 saturated heterocycles. The fourth-order valence-electron chi connectivity index (χ4n) is 1.25. The Labute approximate surface area is 114 Å². The molecule has 19 heavy (non-hydrogen) atoms. The Hall–Kier alpha value is -1.95. The second-order valence-corrected chi connectivity index (χ2v) is 5.69. The fraction of sp³-hybridized carbons (Fsp3) is 0.438. The Kier molecular flexibility index (Phi) is 4.61. The fourth-order valence-corrected chi connectivity index (χ4v) is 1.25. The van der Waals surface area contributed by atoms with Crippen LogP contribution in [0.1, 0.15) is 40.2 Å². The van der Waals surface area contributed by atoms with Gasteiger partial charge in [-0.05, 0) is 46.8 Å². The van der Waals surface area contributed by atoms with Crippen LogP contribution in [0.2, 0.25) is 0 Å². The lowest BCUT2D eigenvalue weighted by atomic mass is 10.1. The summed E-state index contributed by atoms with van der Waals surface area (Å²) in [5.74, 6) is 5.89. The van der Waals surface area contributed by atoms with Crippen molar-refractivity contribution in [2.45, 2.75) is 45.8 Å². The van der Waals surface area contributed by atoms with Gasteiger partial charge in [0.25, 0.3) is 0 Å². The molecule has 3 nitrogen and oxygen atoms in total. The summed E-state index contributed by atoms with van der Waals surface area (Å²) in [7, 11) is 0. The van der Waals surface area contributed by atoms with E-state index in [1.54, 1.807) is 34.6 Å². The maximum Gasteiger partial charge on any atom is 0.510 e. The number of hydrogen-bond acceptors (Lipinski definition) is 3. The van der Waals surface area contributed by atoms with Crippen LogP contribution >= 0.6 is 0 Å². The van der Waals surface area contributed by atoms with Crippen molar-refractivity contribution >= 4 is 6.16 Å². The van der Waals surface area contributed by atoms with E-state index in [-0.39, 0.29) is 0 Å². The van der Waals surface area contributed by atoms with Gasteiger partial charge in [0.1, 0.15) is 5.60 Å². The average Bonchev–Trinajstić information content (AvgIpc) is 2.24. The lowest BCUT2D eigenvalue weighted by molar-refractivity contribution is -0.0356. The highest BCUT2D eigenvalue weighted by Crippen LogP contribution is 2.14. The molecular formula is C16H20O3. The lowest BCUT2D eigenvalue weighted by Crippen LogP contribution is -2.31. The van der Waals surface area contributed by atoms with Crippen molar-refractivity contribution in [3.63, 3.8) is 0 Å². The quantitative estimate of drug-likeness (QED) is 0.569. The van der Waals surface area contributed by atoms with Crippen molar-refractivity contribution in [2.75, 3.05) is 0 Å². The van der Waals surface area contributed by atoms with E-state index in [4.69, 9.17) is 9.47 Å². The molecule has 0 spiro atoms. The third-order valence-electron chi connectivity index (χ3n) is 2.01. The van der Waals surface area contributed by atoms with Crippen molar-refractivity contribution < 1.29 is 14.3 Å². The van der Waals surface area contributed by atoms with Crippen LogP contribution in [-0.2, 0) is 9.47 Å². The second-order valence-electron chi connectivity index (χ2n) is 5.69. The zero-order valence-electron chi connectivity index (χ0n) is 12.1. The van der Waals surface area contributed by atoms with Gasteiger partial charge in [0.15, 0.2) is 5.60 Å². The first-order valence-corrected chi connectivity index (χ1v) is 6.18. The van der Waals surface area contributed by atoms with E-state index < -0.39 is 17.4 Å². The van der Waals surface area contributed by atoms with Crippen LogP contribution in [-0.4, -0.2) is 17.4 Å². The Bertz CT molecular complexity index is 484. The molecule has 0 radical (unpaired) electrons. The molecule has 0 aromatic heterocycles. The molecule has 0 N–H and O–H groups in total. The number of ether oxygens (including phenoxy) is 2. The van der Waals surface area contributed by atoms with Gasteiger partial charge >= 0.3 is 6.16 Å². The highest BCUT2D eigenvalue weighted by Gasteiger charge is 2.25. The van der Waals surface area contributed by atoms with E-state index in [2.05, 4.69) is 11.8 Å². The van der Waals surface area contributed by atoms with Crippen LogP contribution in [0, 0.1) is 11.8 Å². The lowest BCUT2D eigenvalue weighted by Gasteiger charge is -2.23. The minimum absolute atomic E-state index is 0.569. The molecule has 0 saturated carbocycles. The molecule has 0 bridgehead atoms. The van der Waals surface area contributed by atoms with Crippen molar-refractivity contribution in [1.82, 2.24) is 0 Å². The molecule has 0 aliphatic rings. The van der Waals surface area contributed by atoms with Crippen LogP contribution < -0.4 is 0 Å². The number of rotatable bonds is 1. The van der Waals surface area contributed by atoms with Gasteiger partial charge in [0.2, 0.25) is 0 Å². The van der Waals surface area contributed by atoms with Crippen LogP contribution in [0.3, 0.4) is 0 Å². The van der Waals surface area contributed by atoms with Gasteiger partial charge in [-0.3, -0.25) is 0 Å². The first-order valence-electron chi connectivity index (χ1n) is 6.18. The predicted molar refractivity (Wildman–Crippen MR) is 74.7 cm³/mol. The summed E-state index contributed by atoms with van der Waals surface area (Å²) in [5, 5.41) is 0. The largest absolute Gasteiger partial charge is 0.510 e. The summed E-state index contributed by atoms with van der Waals surface area (Å²) in [4.78, 5) is 11.6. The standard InChI is InChI=1S/C16H20O3/c1-15(2,3)18-14(17)19-16(4,5)12-11-13-9-7-6-8-10-13/h6-10H,1-5H3. The van der Waals surface area contributed by atoms with E-state index in [0.717, 1.165) is 5.56 Å². The zero-order valence-corrected chi connectivity index (χ0v) is 12.1. The summed E-state index contributed by atoms with van der Waals surface area (Å²) in [6, 6.07) is 9.54. The normalized spacial score (nSPS) is 11.2. The van der Waals surface area contributed by atoms with E-state index >= 15 is 0 Å². The molecule has 0 aliphatic heterocycles. The average molecular weight is 260 g/mol. The summed E-state index contributed by atoms with van der Waals surface area (Å²) in [6.07, 6.45) is -0.708. The SMILES string of the molecule is CC(C)(C)OC(=O)OC(C)(C)C#Cc1ccccc1. The van der Waals surface area contributed by atoms with Crippen molar-refractivity contribution in [1.29, 1.82) is 0 Å². The molecule has 102 valence electrons. The van der Waals surface area contributed by atoms with E-state index in [9.17, 15) is 4.79 Å². The second kappa shape index (κ2) is 5.79. The maximum absolute atomic E-state index is 11.6. The van der Waals surface area contributed by atoms with Gasteiger partial charge in [-0.25, -0.2) is 4.79 Å². The third kappa shape index (κ3) is 6.52. The molecule has 0 unspecified atom stereocenters. The molecule has 0 amide bonds. The summed E-state index contributed by atoms with van der Waals surface area (Å²) >= 11 is 0. The van der Waals surface area contributed by atoms with Crippen LogP contribution in [0.4, 0.5) is 4.79 Å². The molecule has 0 atom stereocenters. The minimum Gasteiger partial charge on any atom is -0.429 e. The van der Waals surface area contributed by atoms with Crippen LogP contribution in [0.5, 0.6) is 0 Å². The Morgan fingerprint density at radius 1 is 1.00 bits per heavy atom. The molecule has 1 aromatic rings. The summed E-state index contributed by atoms with van der Waals surface area (Å²) < 4.78 is 10.3. The number of carbonyl (C=O) groups excluding carboxylic acids is 1. The minimum atomic E-state index is -0.891. The first-order chi connectivity index (χ1) is 8.68. The smallest absolute Gasteiger partial charge is 0.429 e. The van der Waals surface area contributed by atoms with Gasteiger partial charge in [0.05, 0.1) is 0 Å². The summed E-state index contributed by atoms with van der Waals surface area (Å²) in [6.45, 7) is 8.82. The highest BCUT2D eigenvalue weighted by molar-refractivity contribution is 5.61. The van der Waals surface area contributed by atoms with Gasteiger partial charge in [-0.2, -0.15) is 0 Å². The molecule has 0 fully saturated rings.